The van der Waals surface area contributed by atoms with E-state index in [2.05, 4.69) is 0 Å². The predicted octanol–water partition coefficient (Wildman–Crippen LogP) is 0.686. The Balaban J connectivity index is 2.67. The van der Waals surface area contributed by atoms with Gasteiger partial charge in [-0.25, -0.2) is 9.18 Å². The van der Waals surface area contributed by atoms with Gasteiger partial charge in [0, 0.05) is 5.69 Å². The van der Waals surface area contributed by atoms with Crippen LogP contribution in [0.2, 0.25) is 0 Å². The van der Waals surface area contributed by atoms with E-state index >= 15 is 0 Å². The molecule has 0 fully saturated rings. The molecule has 0 heterocycles. The van der Waals surface area contributed by atoms with Gasteiger partial charge in [0.1, 0.15) is 12.4 Å². The summed E-state index contributed by atoms with van der Waals surface area (Å²) in [5.41, 5.74) is 10.5. The molecule has 5 nitrogen and oxygen atoms in total. The van der Waals surface area contributed by atoms with Crippen LogP contribution in [0, 0.1) is 11.7 Å². The van der Waals surface area contributed by atoms with Gasteiger partial charge in [0.2, 0.25) is 5.91 Å². The summed E-state index contributed by atoms with van der Waals surface area (Å²) in [7, 11) is 0. The number of ether oxygens (including phenoxy) is 1. The normalized spacial score (nSPS) is 11.9. The SMILES string of the molecule is CC(COC(=O)c1ccc(F)cc1N)C(N)=O. The first-order valence-corrected chi connectivity index (χ1v) is 4.93. The van der Waals surface area contributed by atoms with Crippen LogP contribution in [-0.4, -0.2) is 18.5 Å². The van der Waals surface area contributed by atoms with E-state index in [0.717, 1.165) is 12.1 Å². The smallest absolute Gasteiger partial charge is 0.340 e. The molecular weight excluding hydrogens is 227 g/mol. The first-order valence-electron chi connectivity index (χ1n) is 4.93. The highest BCUT2D eigenvalue weighted by molar-refractivity contribution is 5.95. The number of nitrogen functional groups attached to an aromatic ring is 1. The second-order valence-electron chi connectivity index (χ2n) is 3.63. The molecule has 1 aromatic rings. The highest BCUT2D eigenvalue weighted by atomic mass is 19.1. The predicted molar refractivity (Wildman–Crippen MR) is 59.5 cm³/mol. The van der Waals surface area contributed by atoms with Gasteiger partial charge in [-0.3, -0.25) is 4.79 Å². The third kappa shape index (κ3) is 3.44. The molecule has 1 rings (SSSR count). The minimum Gasteiger partial charge on any atom is -0.461 e. The molecule has 1 aromatic carbocycles. The lowest BCUT2D eigenvalue weighted by molar-refractivity contribution is -0.122. The van der Waals surface area contributed by atoms with Crippen molar-refractivity contribution in [2.45, 2.75) is 6.92 Å². The van der Waals surface area contributed by atoms with Gasteiger partial charge in [0.05, 0.1) is 11.5 Å². The third-order valence-electron chi connectivity index (χ3n) is 2.18. The first kappa shape index (κ1) is 13.0. The van der Waals surface area contributed by atoms with E-state index in [4.69, 9.17) is 16.2 Å². The molecule has 0 aliphatic heterocycles. The molecule has 0 radical (unpaired) electrons. The summed E-state index contributed by atoms with van der Waals surface area (Å²) < 4.78 is 17.6. The van der Waals surface area contributed by atoms with Gasteiger partial charge in [-0.2, -0.15) is 0 Å². The highest BCUT2D eigenvalue weighted by Crippen LogP contribution is 2.14. The maximum absolute atomic E-state index is 12.7. The third-order valence-corrected chi connectivity index (χ3v) is 2.18. The number of hydrogen-bond acceptors (Lipinski definition) is 4. The first-order chi connectivity index (χ1) is 7.91. The van der Waals surface area contributed by atoms with E-state index in [1.54, 1.807) is 0 Å². The fourth-order valence-corrected chi connectivity index (χ4v) is 1.08. The van der Waals surface area contributed by atoms with E-state index in [1.807, 2.05) is 0 Å². The summed E-state index contributed by atoms with van der Waals surface area (Å²) in [6.07, 6.45) is 0. The number of carbonyl (C=O) groups excluding carboxylic acids is 2. The average Bonchev–Trinajstić information content (AvgIpc) is 2.25. The van der Waals surface area contributed by atoms with Gasteiger partial charge in [-0.05, 0) is 18.2 Å². The van der Waals surface area contributed by atoms with Crippen molar-refractivity contribution < 1.29 is 18.7 Å². The van der Waals surface area contributed by atoms with Crippen molar-refractivity contribution in [1.29, 1.82) is 0 Å². The quantitative estimate of drug-likeness (QED) is 0.597. The summed E-state index contributed by atoms with van der Waals surface area (Å²) in [5.74, 6) is -2.40. The van der Waals surface area contributed by atoms with E-state index < -0.39 is 23.6 Å². The number of benzene rings is 1. The van der Waals surface area contributed by atoms with Crippen LogP contribution in [0.5, 0.6) is 0 Å². The average molecular weight is 240 g/mol. The monoisotopic (exact) mass is 240 g/mol. The van der Waals surface area contributed by atoms with Crippen LogP contribution >= 0.6 is 0 Å². The molecule has 0 saturated heterocycles. The Morgan fingerprint density at radius 3 is 2.65 bits per heavy atom. The Bertz CT molecular complexity index is 448. The number of carbonyl (C=O) groups is 2. The number of anilines is 1. The lowest BCUT2D eigenvalue weighted by Gasteiger charge is -2.09. The van der Waals surface area contributed by atoms with Crippen molar-refractivity contribution in [2.24, 2.45) is 11.7 Å². The largest absolute Gasteiger partial charge is 0.461 e. The van der Waals surface area contributed by atoms with Crippen molar-refractivity contribution >= 4 is 17.6 Å². The van der Waals surface area contributed by atoms with E-state index in [-0.39, 0.29) is 17.9 Å². The molecule has 0 aromatic heterocycles. The van der Waals surface area contributed by atoms with E-state index in [9.17, 15) is 14.0 Å². The van der Waals surface area contributed by atoms with Crippen molar-refractivity contribution in [3.63, 3.8) is 0 Å². The summed E-state index contributed by atoms with van der Waals surface area (Å²) in [6.45, 7) is 1.40. The van der Waals surface area contributed by atoms with Crippen LogP contribution in [0.15, 0.2) is 18.2 Å². The topological polar surface area (TPSA) is 95.4 Å². The molecule has 1 amide bonds. The van der Waals surface area contributed by atoms with Crippen LogP contribution in [0.25, 0.3) is 0 Å². The highest BCUT2D eigenvalue weighted by Gasteiger charge is 2.15. The second-order valence-corrected chi connectivity index (χ2v) is 3.63. The fourth-order valence-electron chi connectivity index (χ4n) is 1.08. The Morgan fingerprint density at radius 2 is 2.12 bits per heavy atom. The lowest BCUT2D eigenvalue weighted by atomic mass is 10.1. The van der Waals surface area contributed by atoms with Crippen LogP contribution < -0.4 is 11.5 Å². The zero-order valence-electron chi connectivity index (χ0n) is 9.27. The van der Waals surface area contributed by atoms with Crippen molar-refractivity contribution in [3.05, 3.63) is 29.6 Å². The lowest BCUT2D eigenvalue weighted by Crippen LogP contribution is -2.26. The Hall–Kier alpha value is -2.11. The summed E-state index contributed by atoms with van der Waals surface area (Å²) in [6, 6.07) is 3.35. The molecule has 4 N–H and O–H groups in total. The second kappa shape index (κ2) is 5.29. The van der Waals surface area contributed by atoms with Crippen LogP contribution in [0.3, 0.4) is 0 Å². The molecule has 1 unspecified atom stereocenters. The van der Waals surface area contributed by atoms with Crippen LogP contribution in [0.1, 0.15) is 17.3 Å². The van der Waals surface area contributed by atoms with Crippen molar-refractivity contribution in [3.8, 4) is 0 Å². The number of rotatable bonds is 4. The Morgan fingerprint density at radius 1 is 1.47 bits per heavy atom. The summed E-state index contributed by atoms with van der Waals surface area (Å²) in [4.78, 5) is 22.2. The minimum absolute atomic E-state index is 0.0123. The summed E-state index contributed by atoms with van der Waals surface area (Å²) >= 11 is 0. The molecule has 92 valence electrons. The molecule has 0 bridgehead atoms. The number of esters is 1. The Kier molecular flexibility index (Phi) is 4.03. The van der Waals surface area contributed by atoms with Gasteiger partial charge >= 0.3 is 5.97 Å². The molecule has 6 heteroatoms. The van der Waals surface area contributed by atoms with Gasteiger partial charge < -0.3 is 16.2 Å². The maximum Gasteiger partial charge on any atom is 0.340 e. The van der Waals surface area contributed by atoms with Crippen molar-refractivity contribution in [2.75, 3.05) is 12.3 Å². The number of halogens is 1. The molecule has 17 heavy (non-hydrogen) atoms. The summed E-state index contributed by atoms with van der Waals surface area (Å²) in [5, 5.41) is 0. The fraction of sp³-hybridized carbons (Fsp3) is 0.273. The van der Waals surface area contributed by atoms with E-state index in [1.165, 1.54) is 13.0 Å². The molecular formula is C11H13FN2O3. The van der Waals surface area contributed by atoms with Gasteiger partial charge in [-0.1, -0.05) is 6.92 Å². The molecule has 0 aliphatic carbocycles. The maximum atomic E-state index is 12.7. The standard InChI is InChI=1S/C11H13FN2O3/c1-6(10(14)15)5-17-11(16)8-3-2-7(12)4-9(8)13/h2-4,6H,5,13H2,1H3,(H2,14,15). The number of primary amides is 1. The minimum atomic E-state index is -0.712. The van der Waals surface area contributed by atoms with Crippen LogP contribution in [0.4, 0.5) is 10.1 Å². The van der Waals surface area contributed by atoms with Gasteiger partial charge in [0.15, 0.2) is 0 Å². The zero-order chi connectivity index (χ0) is 13.0. The molecule has 0 aliphatic rings. The van der Waals surface area contributed by atoms with Crippen molar-refractivity contribution in [1.82, 2.24) is 0 Å². The molecule has 0 spiro atoms. The van der Waals surface area contributed by atoms with Crippen LogP contribution in [-0.2, 0) is 9.53 Å². The van der Waals surface area contributed by atoms with E-state index in [0.29, 0.717) is 0 Å². The number of nitrogens with two attached hydrogens (primary N) is 2. The number of amides is 1. The Labute approximate surface area is 97.5 Å². The molecule has 0 saturated carbocycles. The number of hydrogen-bond donors (Lipinski definition) is 2. The van der Waals surface area contributed by atoms with Gasteiger partial charge in [0.25, 0.3) is 0 Å². The van der Waals surface area contributed by atoms with Gasteiger partial charge in [-0.15, -0.1) is 0 Å². The zero-order valence-corrected chi connectivity index (χ0v) is 9.27. The molecule has 1 atom stereocenters.